The molecule has 0 radical (unpaired) electrons. The molecule has 0 aliphatic rings. The standard InChI is InChI=1S/C15H24ClNS/c1-5-17-14(11-18-15(2,3)4)10-12-7-6-8-13(16)9-12/h6-9,14,17H,5,10-11H2,1-4H3. The largest absolute Gasteiger partial charge is 0.313 e. The first-order chi connectivity index (χ1) is 8.40. The van der Waals surface area contributed by atoms with Crippen LogP contribution in [-0.2, 0) is 6.42 Å². The number of hydrogen-bond acceptors (Lipinski definition) is 2. The fraction of sp³-hybridized carbons (Fsp3) is 0.600. The lowest BCUT2D eigenvalue weighted by atomic mass is 10.1. The lowest BCUT2D eigenvalue weighted by Crippen LogP contribution is -2.34. The molecule has 0 aliphatic carbocycles. The Bertz CT molecular complexity index is 360. The molecule has 1 rings (SSSR count). The number of hydrogen-bond donors (Lipinski definition) is 1. The maximum atomic E-state index is 6.03. The molecule has 1 nitrogen and oxygen atoms in total. The summed E-state index contributed by atoms with van der Waals surface area (Å²) in [7, 11) is 0. The average molecular weight is 286 g/mol. The van der Waals surface area contributed by atoms with E-state index in [0.717, 1.165) is 23.7 Å². The Balaban J connectivity index is 2.57. The van der Waals surface area contributed by atoms with Gasteiger partial charge in [0.1, 0.15) is 0 Å². The van der Waals surface area contributed by atoms with Gasteiger partial charge in [0.2, 0.25) is 0 Å². The Hall–Kier alpha value is -0.180. The van der Waals surface area contributed by atoms with Crippen molar-refractivity contribution in [1.82, 2.24) is 5.32 Å². The first-order valence-corrected chi connectivity index (χ1v) is 7.89. The van der Waals surface area contributed by atoms with Crippen LogP contribution in [0.1, 0.15) is 33.3 Å². The van der Waals surface area contributed by atoms with E-state index in [1.807, 2.05) is 23.9 Å². The predicted octanol–water partition coefficient (Wildman–Crippen LogP) is 4.39. The number of halogens is 1. The number of benzene rings is 1. The Labute approximate surface area is 121 Å². The van der Waals surface area contributed by atoms with Crippen LogP contribution in [-0.4, -0.2) is 23.1 Å². The van der Waals surface area contributed by atoms with E-state index in [1.54, 1.807) is 0 Å². The van der Waals surface area contributed by atoms with Crippen molar-refractivity contribution >= 4 is 23.4 Å². The van der Waals surface area contributed by atoms with Gasteiger partial charge in [0.25, 0.3) is 0 Å². The number of thioether (sulfide) groups is 1. The van der Waals surface area contributed by atoms with E-state index in [1.165, 1.54) is 5.56 Å². The van der Waals surface area contributed by atoms with Crippen molar-refractivity contribution in [3.05, 3.63) is 34.9 Å². The minimum atomic E-state index is 0.321. The molecule has 0 spiro atoms. The normalized spacial score (nSPS) is 13.6. The summed E-state index contributed by atoms with van der Waals surface area (Å²) in [6, 6.07) is 8.68. The van der Waals surface area contributed by atoms with Crippen LogP contribution in [0, 0.1) is 0 Å². The maximum Gasteiger partial charge on any atom is 0.0408 e. The van der Waals surface area contributed by atoms with Crippen LogP contribution in [0.5, 0.6) is 0 Å². The summed E-state index contributed by atoms with van der Waals surface area (Å²) in [5.74, 6) is 1.13. The van der Waals surface area contributed by atoms with Gasteiger partial charge in [0, 0.05) is 21.6 Å². The molecular weight excluding hydrogens is 262 g/mol. The third-order valence-corrected chi connectivity index (χ3v) is 4.25. The zero-order valence-corrected chi connectivity index (χ0v) is 13.4. The van der Waals surface area contributed by atoms with Crippen LogP contribution in [0.2, 0.25) is 5.02 Å². The van der Waals surface area contributed by atoms with E-state index in [2.05, 4.69) is 45.1 Å². The summed E-state index contributed by atoms with van der Waals surface area (Å²) in [5, 5.41) is 4.38. The topological polar surface area (TPSA) is 12.0 Å². The van der Waals surface area contributed by atoms with Gasteiger partial charge in [-0.05, 0) is 30.7 Å². The summed E-state index contributed by atoms with van der Waals surface area (Å²) in [4.78, 5) is 0. The average Bonchev–Trinajstić information content (AvgIpc) is 2.25. The van der Waals surface area contributed by atoms with Gasteiger partial charge in [-0.1, -0.05) is 51.4 Å². The number of nitrogens with one attached hydrogen (secondary N) is 1. The molecule has 1 aromatic carbocycles. The molecule has 0 fully saturated rings. The fourth-order valence-electron chi connectivity index (χ4n) is 1.78. The number of likely N-dealkylation sites (N-methyl/N-ethyl adjacent to an activating group) is 1. The van der Waals surface area contributed by atoms with Crippen LogP contribution >= 0.6 is 23.4 Å². The summed E-state index contributed by atoms with van der Waals surface area (Å²) >= 11 is 8.04. The third-order valence-electron chi connectivity index (χ3n) is 2.58. The van der Waals surface area contributed by atoms with Crippen molar-refractivity contribution in [1.29, 1.82) is 0 Å². The highest BCUT2D eigenvalue weighted by Gasteiger charge is 2.15. The van der Waals surface area contributed by atoms with Crippen molar-refractivity contribution in [2.24, 2.45) is 0 Å². The summed E-state index contributed by atoms with van der Waals surface area (Å²) < 4.78 is 0.321. The summed E-state index contributed by atoms with van der Waals surface area (Å²) in [5.41, 5.74) is 1.31. The molecular formula is C15H24ClNS. The summed E-state index contributed by atoms with van der Waals surface area (Å²) in [6.07, 6.45) is 1.04. The van der Waals surface area contributed by atoms with Crippen LogP contribution in [0.4, 0.5) is 0 Å². The highest BCUT2D eigenvalue weighted by molar-refractivity contribution is 8.00. The number of rotatable bonds is 6. The highest BCUT2D eigenvalue weighted by Crippen LogP contribution is 2.24. The molecule has 0 aromatic heterocycles. The smallest absolute Gasteiger partial charge is 0.0408 e. The zero-order chi connectivity index (χ0) is 13.6. The quantitative estimate of drug-likeness (QED) is 0.832. The predicted molar refractivity (Wildman–Crippen MR) is 84.8 cm³/mol. The second kappa shape index (κ2) is 7.42. The Morgan fingerprint density at radius 2 is 2.06 bits per heavy atom. The van der Waals surface area contributed by atoms with Gasteiger partial charge in [0.15, 0.2) is 0 Å². The molecule has 1 atom stereocenters. The molecule has 102 valence electrons. The van der Waals surface area contributed by atoms with E-state index in [4.69, 9.17) is 11.6 Å². The molecule has 1 N–H and O–H groups in total. The highest BCUT2D eigenvalue weighted by atomic mass is 35.5. The molecule has 0 amide bonds. The molecule has 18 heavy (non-hydrogen) atoms. The van der Waals surface area contributed by atoms with E-state index < -0.39 is 0 Å². The molecule has 0 aliphatic heterocycles. The van der Waals surface area contributed by atoms with Crippen molar-refractivity contribution in [2.45, 2.75) is 44.9 Å². The van der Waals surface area contributed by atoms with E-state index in [0.29, 0.717) is 10.8 Å². The minimum Gasteiger partial charge on any atom is -0.313 e. The molecule has 1 unspecified atom stereocenters. The monoisotopic (exact) mass is 285 g/mol. The van der Waals surface area contributed by atoms with Crippen LogP contribution in [0.25, 0.3) is 0 Å². The van der Waals surface area contributed by atoms with E-state index >= 15 is 0 Å². The zero-order valence-electron chi connectivity index (χ0n) is 11.8. The van der Waals surface area contributed by atoms with Crippen LogP contribution < -0.4 is 5.32 Å². The van der Waals surface area contributed by atoms with Crippen molar-refractivity contribution in [2.75, 3.05) is 12.3 Å². The summed E-state index contributed by atoms with van der Waals surface area (Å²) in [6.45, 7) is 9.96. The van der Waals surface area contributed by atoms with Crippen LogP contribution in [0.3, 0.4) is 0 Å². The molecule has 0 saturated heterocycles. The fourth-order valence-corrected chi connectivity index (χ4v) is 2.93. The van der Waals surface area contributed by atoms with Gasteiger partial charge < -0.3 is 5.32 Å². The van der Waals surface area contributed by atoms with Gasteiger partial charge in [-0.3, -0.25) is 0 Å². The first kappa shape index (κ1) is 15.9. The van der Waals surface area contributed by atoms with E-state index in [9.17, 15) is 0 Å². The van der Waals surface area contributed by atoms with E-state index in [-0.39, 0.29) is 0 Å². The molecule has 0 bridgehead atoms. The second-order valence-corrected chi connectivity index (χ2v) is 7.80. The molecule has 0 saturated carbocycles. The van der Waals surface area contributed by atoms with Gasteiger partial charge >= 0.3 is 0 Å². The van der Waals surface area contributed by atoms with Crippen molar-refractivity contribution < 1.29 is 0 Å². The Kier molecular flexibility index (Phi) is 6.54. The van der Waals surface area contributed by atoms with Gasteiger partial charge in [-0.15, -0.1) is 0 Å². The van der Waals surface area contributed by atoms with Crippen molar-refractivity contribution in [3.63, 3.8) is 0 Å². The van der Waals surface area contributed by atoms with Gasteiger partial charge in [-0.25, -0.2) is 0 Å². The Morgan fingerprint density at radius 1 is 1.33 bits per heavy atom. The first-order valence-electron chi connectivity index (χ1n) is 6.52. The second-order valence-electron chi connectivity index (χ2n) is 5.51. The van der Waals surface area contributed by atoms with Gasteiger partial charge in [-0.2, -0.15) is 11.8 Å². The molecule has 0 heterocycles. The Morgan fingerprint density at radius 3 is 2.61 bits per heavy atom. The lowest BCUT2D eigenvalue weighted by molar-refractivity contribution is 0.570. The van der Waals surface area contributed by atoms with Crippen molar-refractivity contribution in [3.8, 4) is 0 Å². The SMILES string of the molecule is CCNC(CSC(C)(C)C)Cc1cccc(Cl)c1. The van der Waals surface area contributed by atoms with Crippen LogP contribution in [0.15, 0.2) is 24.3 Å². The molecule has 1 aromatic rings. The van der Waals surface area contributed by atoms with Gasteiger partial charge in [0.05, 0.1) is 0 Å². The molecule has 3 heteroatoms. The third kappa shape index (κ3) is 6.67. The lowest BCUT2D eigenvalue weighted by Gasteiger charge is -2.23. The maximum absolute atomic E-state index is 6.03. The minimum absolute atomic E-state index is 0.321.